The quantitative estimate of drug-likeness (QED) is 0.539. The fourth-order valence-electron chi connectivity index (χ4n) is 0.642. The van der Waals surface area contributed by atoms with Gasteiger partial charge in [-0.15, -0.1) is 0 Å². The van der Waals surface area contributed by atoms with E-state index in [2.05, 4.69) is 6.07 Å². The zero-order valence-electron chi connectivity index (χ0n) is 6.24. The van der Waals surface area contributed by atoms with Crippen molar-refractivity contribution < 1.29 is 37.5 Å². The Hall–Kier alpha value is -0.206. The summed E-state index contributed by atoms with van der Waals surface area (Å²) in [6.07, 6.45) is 1.73. The van der Waals surface area contributed by atoms with Crippen LogP contribution in [0.5, 0.6) is 0 Å². The number of hydrogen-bond acceptors (Lipinski definition) is 1. The Morgan fingerprint density at radius 3 is 2.73 bits per heavy atom. The van der Waals surface area contributed by atoms with Crippen LogP contribution in [0.2, 0.25) is 0 Å². The molecule has 1 amide bonds. The molecule has 0 spiro atoms. The van der Waals surface area contributed by atoms with Crippen molar-refractivity contribution in [2.75, 3.05) is 11.9 Å². The number of para-hydroxylation sites is 1. The first-order valence-corrected chi connectivity index (χ1v) is 2.93. The van der Waals surface area contributed by atoms with Crippen molar-refractivity contribution in [3.05, 3.63) is 30.3 Å². The van der Waals surface area contributed by atoms with Crippen LogP contribution in [0.15, 0.2) is 24.3 Å². The van der Waals surface area contributed by atoms with Gasteiger partial charge < -0.3 is 9.69 Å². The molecule has 0 aromatic heterocycles. The minimum atomic E-state index is 0. The molecule has 0 aliphatic carbocycles. The smallest absolute Gasteiger partial charge is 0.0701 e. The summed E-state index contributed by atoms with van der Waals surface area (Å²) in [7, 11) is 1.64. The van der Waals surface area contributed by atoms with Crippen LogP contribution in [0.1, 0.15) is 0 Å². The van der Waals surface area contributed by atoms with Gasteiger partial charge in [-0.3, -0.25) is 6.07 Å². The molecule has 0 saturated heterocycles. The van der Waals surface area contributed by atoms with Gasteiger partial charge in [0, 0.05) is 32.7 Å². The van der Waals surface area contributed by atoms with Crippen molar-refractivity contribution in [3.8, 4) is 0 Å². The summed E-state index contributed by atoms with van der Waals surface area (Å²) in [5, 5.41) is 0. The summed E-state index contributed by atoms with van der Waals surface area (Å²) in [6, 6.07) is 10.1. The first kappa shape index (κ1) is 10.8. The third-order valence-electron chi connectivity index (χ3n) is 1.19. The molecule has 55 valence electrons. The van der Waals surface area contributed by atoms with E-state index < -0.39 is 0 Å². The van der Waals surface area contributed by atoms with Crippen molar-refractivity contribution in [2.24, 2.45) is 0 Å². The molecule has 0 atom stereocenters. The number of carbonyl (C=O) groups excluding carboxylic acids is 1. The standard InChI is InChI=1S/C8H7NO.Y/c1-9(7-10)8-5-3-2-4-6-8;/h2-5H,1H3;/q-2;. The van der Waals surface area contributed by atoms with E-state index in [1.165, 1.54) is 4.90 Å². The molecule has 0 unspecified atom stereocenters. The Kier molecular flexibility index (Phi) is 5.34. The Labute approximate surface area is 91.5 Å². The van der Waals surface area contributed by atoms with Gasteiger partial charge in [0.1, 0.15) is 0 Å². The van der Waals surface area contributed by atoms with Crippen LogP contribution < -0.4 is 4.90 Å². The predicted octanol–water partition coefficient (Wildman–Crippen LogP) is 0.988. The molecule has 11 heavy (non-hydrogen) atoms. The number of anilines is 1. The molecule has 0 heterocycles. The molecule has 3 heteroatoms. The molecular weight excluding hydrogens is 215 g/mol. The van der Waals surface area contributed by atoms with Crippen molar-refractivity contribution in [3.63, 3.8) is 0 Å². The molecule has 1 aromatic rings. The maximum atomic E-state index is 10.1. The second-order valence-corrected chi connectivity index (χ2v) is 1.90. The fourth-order valence-corrected chi connectivity index (χ4v) is 0.642. The summed E-state index contributed by atoms with van der Waals surface area (Å²) < 4.78 is 0. The summed E-state index contributed by atoms with van der Waals surface area (Å²) in [5.74, 6) is 0. The Morgan fingerprint density at radius 1 is 1.55 bits per heavy atom. The molecule has 1 radical (unpaired) electrons. The van der Waals surface area contributed by atoms with Gasteiger partial charge >= 0.3 is 0 Å². The molecule has 0 bridgehead atoms. The van der Waals surface area contributed by atoms with Crippen molar-refractivity contribution >= 4 is 12.1 Å². The number of hydrogen-bond donors (Lipinski definition) is 0. The van der Waals surface area contributed by atoms with E-state index in [9.17, 15) is 4.79 Å². The van der Waals surface area contributed by atoms with Gasteiger partial charge in [-0.05, 0) is 7.05 Å². The van der Waals surface area contributed by atoms with E-state index in [1.54, 1.807) is 25.6 Å². The first-order chi connectivity index (χ1) is 4.84. The molecule has 0 N–H and O–H groups in total. The van der Waals surface area contributed by atoms with Crippen LogP contribution in [-0.2, 0) is 37.5 Å². The SMILES string of the molecule is CN([C-]=O)c1[c-]cccc1.[Y]. The summed E-state index contributed by atoms with van der Waals surface area (Å²) in [4.78, 5) is 11.4. The number of benzene rings is 1. The summed E-state index contributed by atoms with van der Waals surface area (Å²) in [6.45, 7) is 0. The number of nitrogens with zero attached hydrogens (tertiary/aromatic N) is 1. The van der Waals surface area contributed by atoms with Gasteiger partial charge in [-0.2, -0.15) is 18.2 Å². The normalized spacial score (nSPS) is 8.09. The van der Waals surface area contributed by atoms with Crippen LogP contribution >= 0.6 is 0 Å². The van der Waals surface area contributed by atoms with Crippen LogP contribution in [0.3, 0.4) is 0 Å². The molecule has 0 aliphatic rings. The molecular formula is C8H7NOY-2. The maximum absolute atomic E-state index is 10.1. The van der Waals surface area contributed by atoms with Crippen molar-refractivity contribution in [1.29, 1.82) is 0 Å². The second kappa shape index (κ2) is 5.45. The van der Waals surface area contributed by atoms with E-state index in [1.807, 2.05) is 12.1 Å². The zero-order valence-corrected chi connectivity index (χ0v) is 9.08. The van der Waals surface area contributed by atoms with Crippen molar-refractivity contribution in [2.45, 2.75) is 0 Å². The predicted molar refractivity (Wildman–Crippen MR) is 39.4 cm³/mol. The zero-order chi connectivity index (χ0) is 7.40. The molecule has 0 fully saturated rings. The number of rotatable bonds is 2. The minimum Gasteiger partial charge on any atom is -0.501 e. The van der Waals surface area contributed by atoms with Gasteiger partial charge in [0.2, 0.25) is 0 Å². The van der Waals surface area contributed by atoms with Crippen LogP contribution in [0.4, 0.5) is 5.69 Å². The number of amides is 1. The van der Waals surface area contributed by atoms with Crippen LogP contribution in [-0.4, -0.2) is 13.5 Å². The van der Waals surface area contributed by atoms with E-state index in [0.717, 1.165) is 5.69 Å². The Bertz CT molecular complexity index is 213. The average Bonchev–Trinajstić information content (AvgIpc) is 2.05. The van der Waals surface area contributed by atoms with Crippen LogP contribution in [0.25, 0.3) is 0 Å². The molecule has 0 saturated carbocycles. The summed E-state index contributed by atoms with van der Waals surface area (Å²) in [5.41, 5.74) is 0.734. The monoisotopic (exact) mass is 222 g/mol. The Balaban J connectivity index is 0.000001000. The largest absolute Gasteiger partial charge is 0.501 e. The van der Waals surface area contributed by atoms with E-state index in [-0.39, 0.29) is 32.7 Å². The third-order valence-corrected chi connectivity index (χ3v) is 1.19. The molecule has 2 nitrogen and oxygen atoms in total. The fraction of sp³-hybridized carbons (Fsp3) is 0.125. The van der Waals surface area contributed by atoms with Gasteiger partial charge in [-0.25, -0.2) is 11.8 Å². The van der Waals surface area contributed by atoms with Crippen LogP contribution in [0, 0.1) is 6.07 Å². The minimum absolute atomic E-state index is 0. The summed E-state index contributed by atoms with van der Waals surface area (Å²) >= 11 is 0. The van der Waals surface area contributed by atoms with E-state index in [0.29, 0.717) is 0 Å². The van der Waals surface area contributed by atoms with E-state index in [4.69, 9.17) is 0 Å². The van der Waals surface area contributed by atoms with Gasteiger partial charge in [-0.1, -0.05) is 0 Å². The van der Waals surface area contributed by atoms with E-state index >= 15 is 0 Å². The molecule has 1 rings (SSSR count). The maximum Gasteiger partial charge on any atom is 0.0701 e. The van der Waals surface area contributed by atoms with Gasteiger partial charge in [0.25, 0.3) is 0 Å². The van der Waals surface area contributed by atoms with Gasteiger partial charge in [0.05, 0.1) is 6.41 Å². The molecule has 1 aromatic carbocycles. The Morgan fingerprint density at radius 2 is 2.27 bits per heavy atom. The average molecular weight is 222 g/mol. The topological polar surface area (TPSA) is 20.3 Å². The van der Waals surface area contributed by atoms with Crippen molar-refractivity contribution in [1.82, 2.24) is 0 Å². The van der Waals surface area contributed by atoms with Gasteiger partial charge in [0.15, 0.2) is 0 Å². The molecule has 0 aliphatic heterocycles. The third kappa shape index (κ3) is 3.13. The first-order valence-electron chi connectivity index (χ1n) is 2.93. The second-order valence-electron chi connectivity index (χ2n) is 1.90.